The van der Waals surface area contributed by atoms with Gasteiger partial charge in [-0.3, -0.25) is 15.1 Å². The van der Waals surface area contributed by atoms with Crippen LogP contribution in [0.15, 0.2) is 41.8 Å². The summed E-state index contributed by atoms with van der Waals surface area (Å²) < 4.78 is 0. The molecule has 6 nitrogen and oxygen atoms in total. The summed E-state index contributed by atoms with van der Waals surface area (Å²) >= 11 is 1.50. The number of nitrogens with zero attached hydrogens (tertiary/aromatic N) is 3. The number of benzene rings is 1. The highest BCUT2D eigenvalue weighted by molar-refractivity contribution is 7.98. The van der Waals surface area contributed by atoms with Crippen LogP contribution in [0.4, 0.5) is 11.4 Å². The Bertz CT molecular complexity index is 592. The van der Waals surface area contributed by atoms with Crippen LogP contribution in [-0.2, 0) is 5.75 Å². The maximum Gasteiger partial charge on any atom is 0.292 e. The van der Waals surface area contributed by atoms with Crippen LogP contribution in [0.5, 0.6) is 0 Å². The second-order valence-electron chi connectivity index (χ2n) is 3.93. The molecule has 0 unspecified atom stereocenters. The van der Waals surface area contributed by atoms with Gasteiger partial charge in [-0.25, -0.2) is 4.98 Å². The van der Waals surface area contributed by atoms with E-state index in [1.807, 2.05) is 13.0 Å². The molecule has 104 valence electrons. The molecule has 1 heterocycles. The van der Waals surface area contributed by atoms with E-state index >= 15 is 0 Å². The second kappa shape index (κ2) is 6.85. The van der Waals surface area contributed by atoms with E-state index in [9.17, 15) is 10.1 Å². The Labute approximate surface area is 120 Å². The molecule has 20 heavy (non-hydrogen) atoms. The van der Waals surface area contributed by atoms with Gasteiger partial charge in [0.05, 0.1) is 11.1 Å². The quantitative estimate of drug-likeness (QED) is 0.500. The van der Waals surface area contributed by atoms with Crippen LogP contribution >= 0.6 is 11.8 Å². The highest BCUT2D eigenvalue weighted by atomic mass is 32.2. The summed E-state index contributed by atoms with van der Waals surface area (Å²) in [5.74, 6) is 0.600. The van der Waals surface area contributed by atoms with Crippen LogP contribution in [0.25, 0.3) is 0 Å². The van der Waals surface area contributed by atoms with Crippen molar-refractivity contribution in [2.75, 3.05) is 11.9 Å². The number of nitro groups is 1. The molecule has 0 spiro atoms. The molecule has 0 fully saturated rings. The number of para-hydroxylation sites is 1. The van der Waals surface area contributed by atoms with E-state index in [0.717, 1.165) is 10.6 Å². The predicted octanol–water partition coefficient (Wildman–Crippen LogP) is 3.11. The van der Waals surface area contributed by atoms with Crippen LogP contribution in [0, 0.1) is 10.1 Å². The van der Waals surface area contributed by atoms with Gasteiger partial charge in [-0.2, -0.15) is 0 Å². The van der Waals surface area contributed by atoms with Crippen molar-refractivity contribution in [3.63, 3.8) is 0 Å². The molecule has 0 saturated heterocycles. The van der Waals surface area contributed by atoms with Crippen molar-refractivity contribution in [2.45, 2.75) is 17.7 Å². The van der Waals surface area contributed by atoms with Crippen LogP contribution in [-0.4, -0.2) is 21.4 Å². The molecule has 2 rings (SSSR count). The SMILES string of the molecule is CCNc1c(CSc2cnccn2)cccc1[N+](=O)[O-]. The number of hydrogen-bond acceptors (Lipinski definition) is 6. The minimum Gasteiger partial charge on any atom is -0.380 e. The number of nitrogens with one attached hydrogen (secondary N) is 1. The molecule has 0 saturated carbocycles. The zero-order chi connectivity index (χ0) is 14.4. The predicted molar refractivity (Wildman–Crippen MR) is 78.9 cm³/mol. The van der Waals surface area contributed by atoms with E-state index in [-0.39, 0.29) is 10.6 Å². The van der Waals surface area contributed by atoms with E-state index in [0.29, 0.717) is 18.0 Å². The van der Waals surface area contributed by atoms with Crippen LogP contribution in [0.1, 0.15) is 12.5 Å². The fourth-order valence-electron chi connectivity index (χ4n) is 1.75. The van der Waals surface area contributed by atoms with E-state index in [1.165, 1.54) is 17.8 Å². The topological polar surface area (TPSA) is 81.0 Å². The summed E-state index contributed by atoms with van der Waals surface area (Å²) in [6.07, 6.45) is 4.91. The van der Waals surface area contributed by atoms with Crippen molar-refractivity contribution < 1.29 is 4.92 Å². The Morgan fingerprint density at radius 1 is 1.40 bits per heavy atom. The molecule has 0 atom stereocenters. The molecular formula is C13H14N4O2S. The number of hydrogen-bond donors (Lipinski definition) is 1. The summed E-state index contributed by atoms with van der Waals surface area (Å²) in [4.78, 5) is 18.9. The van der Waals surface area contributed by atoms with Crippen molar-refractivity contribution in [3.8, 4) is 0 Å². The monoisotopic (exact) mass is 290 g/mol. The molecule has 1 aromatic carbocycles. The lowest BCUT2D eigenvalue weighted by molar-refractivity contribution is -0.384. The highest BCUT2D eigenvalue weighted by Crippen LogP contribution is 2.32. The first kappa shape index (κ1) is 14.3. The zero-order valence-corrected chi connectivity index (χ0v) is 11.8. The number of rotatable bonds is 6. The minimum absolute atomic E-state index is 0.101. The summed E-state index contributed by atoms with van der Waals surface area (Å²) in [7, 11) is 0. The highest BCUT2D eigenvalue weighted by Gasteiger charge is 2.16. The Hall–Kier alpha value is -2.15. The molecule has 0 aliphatic carbocycles. The molecule has 0 radical (unpaired) electrons. The van der Waals surface area contributed by atoms with E-state index in [1.54, 1.807) is 24.7 Å². The first-order valence-corrected chi connectivity index (χ1v) is 7.10. The summed E-state index contributed by atoms with van der Waals surface area (Å²) in [5.41, 5.74) is 1.57. The number of anilines is 1. The summed E-state index contributed by atoms with van der Waals surface area (Å²) in [5, 5.41) is 14.9. The van der Waals surface area contributed by atoms with Gasteiger partial charge in [-0.1, -0.05) is 12.1 Å². The third-order valence-electron chi connectivity index (χ3n) is 2.59. The average Bonchev–Trinajstić information content (AvgIpc) is 2.47. The lowest BCUT2D eigenvalue weighted by Crippen LogP contribution is -2.04. The lowest BCUT2D eigenvalue weighted by Gasteiger charge is -2.10. The average molecular weight is 290 g/mol. The Morgan fingerprint density at radius 3 is 2.90 bits per heavy atom. The van der Waals surface area contributed by atoms with Gasteiger partial charge in [0.2, 0.25) is 0 Å². The first-order valence-electron chi connectivity index (χ1n) is 6.11. The van der Waals surface area contributed by atoms with Crippen LogP contribution < -0.4 is 5.32 Å². The molecule has 1 N–H and O–H groups in total. The minimum atomic E-state index is -0.367. The molecule has 0 bridgehead atoms. The van der Waals surface area contributed by atoms with Crippen LogP contribution in [0.2, 0.25) is 0 Å². The molecule has 0 aliphatic rings. The van der Waals surface area contributed by atoms with Crippen LogP contribution in [0.3, 0.4) is 0 Å². The van der Waals surface area contributed by atoms with Crippen molar-refractivity contribution in [1.29, 1.82) is 0 Å². The lowest BCUT2D eigenvalue weighted by atomic mass is 10.1. The van der Waals surface area contributed by atoms with Gasteiger partial charge in [0.25, 0.3) is 5.69 Å². The summed E-state index contributed by atoms with van der Waals surface area (Å²) in [6, 6.07) is 5.09. The standard InChI is InChI=1S/C13H14N4O2S/c1-2-15-13-10(4-3-5-11(13)17(18)19)9-20-12-8-14-6-7-16-12/h3-8,15H,2,9H2,1H3. The van der Waals surface area contributed by atoms with Gasteiger partial charge < -0.3 is 5.32 Å². The van der Waals surface area contributed by atoms with E-state index in [4.69, 9.17) is 0 Å². The summed E-state index contributed by atoms with van der Waals surface area (Å²) in [6.45, 7) is 2.55. The zero-order valence-electron chi connectivity index (χ0n) is 10.9. The molecule has 2 aromatic rings. The second-order valence-corrected chi connectivity index (χ2v) is 4.93. The molecule has 0 aliphatic heterocycles. The maximum atomic E-state index is 11.1. The van der Waals surface area contributed by atoms with Gasteiger partial charge in [-0.15, -0.1) is 11.8 Å². The van der Waals surface area contributed by atoms with Crippen molar-refractivity contribution in [1.82, 2.24) is 9.97 Å². The molecule has 0 amide bonds. The van der Waals surface area contributed by atoms with Crippen molar-refractivity contribution in [3.05, 3.63) is 52.5 Å². The molecule has 7 heteroatoms. The van der Waals surface area contributed by atoms with Gasteiger partial charge in [0, 0.05) is 30.8 Å². The first-order chi connectivity index (χ1) is 9.72. The Morgan fingerprint density at radius 2 is 2.25 bits per heavy atom. The van der Waals surface area contributed by atoms with E-state index in [2.05, 4.69) is 15.3 Å². The number of aromatic nitrogens is 2. The van der Waals surface area contributed by atoms with Gasteiger partial charge >= 0.3 is 0 Å². The number of nitro benzene ring substituents is 1. The third-order valence-corrected chi connectivity index (χ3v) is 3.56. The van der Waals surface area contributed by atoms with Gasteiger partial charge in [0.15, 0.2) is 0 Å². The smallest absolute Gasteiger partial charge is 0.292 e. The number of thioether (sulfide) groups is 1. The van der Waals surface area contributed by atoms with Gasteiger partial charge in [0.1, 0.15) is 10.7 Å². The van der Waals surface area contributed by atoms with Crippen molar-refractivity contribution in [2.24, 2.45) is 0 Å². The Kier molecular flexibility index (Phi) is 4.89. The Balaban J connectivity index is 2.22. The maximum absolute atomic E-state index is 11.1. The third kappa shape index (κ3) is 3.45. The molecular weight excluding hydrogens is 276 g/mol. The van der Waals surface area contributed by atoms with E-state index < -0.39 is 0 Å². The normalized spacial score (nSPS) is 10.2. The fraction of sp³-hybridized carbons (Fsp3) is 0.231. The van der Waals surface area contributed by atoms with Gasteiger partial charge in [-0.05, 0) is 12.5 Å². The fourth-order valence-corrected chi connectivity index (χ4v) is 2.57. The molecule has 1 aromatic heterocycles. The van der Waals surface area contributed by atoms with Crippen molar-refractivity contribution >= 4 is 23.1 Å². The largest absolute Gasteiger partial charge is 0.380 e.